The van der Waals surface area contributed by atoms with Gasteiger partial charge in [-0.2, -0.15) is 0 Å². The molecular weight excluding hydrogens is 226 g/mol. The molecule has 0 aliphatic rings. The predicted octanol–water partition coefficient (Wildman–Crippen LogP) is 0.675. The van der Waals surface area contributed by atoms with E-state index in [0.29, 0.717) is 5.69 Å². The number of aryl methyl sites for hydroxylation is 1. The number of aliphatic hydroxyl groups is 1. The molecule has 16 heavy (non-hydrogen) atoms. The number of hydrogen-bond donors (Lipinski definition) is 2. The lowest BCUT2D eigenvalue weighted by Gasteiger charge is -2.04. The minimum Gasteiger partial charge on any atom is -0.395 e. The average molecular weight is 241 g/mol. The van der Waals surface area contributed by atoms with Crippen LogP contribution in [0.5, 0.6) is 0 Å². The molecule has 0 spiro atoms. The Balaban J connectivity index is 2.45. The summed E-state index contributed by atoms with van der Waals surface area (Å²) in [6, 6.07) is 7.37. The molecule has 0 fully saturated rings. The van der Waals surface area contributed by atoms with Gasteiger partial charge in [0.05, 0.1) is 6.61 Å². The number of benzene rings is 1. The maximum Gasteiger partial charge on any atom is 0.236 e. The summed E-state index contributed by atoms with van der Waals surface area (Å²) in [4.78, 5) is 11.4. The normalized spacial score (nSPS) is 12.1. The molecular formula is C11H15NO3S. The highest BCUT2D eigenvalue weighted by molar-refractivity contribution is 7.85. The molecule has 0 aliphatic carbocycles. The number of carbonyl (C=O) groups is 1. The minimum absolute atomic E-state index is 0.0750. The molecule has 0 saturated carbocycles. The fourth-order valence-electron chi connectivity index (χ4n) is 1.15. The molecule has 0 radical (unpaired) electrons. The van der Waals surface area contributed by atoms with Crippen LogP contribution in [0.25, 0.3) is 0 Å². The van der Waals surface area contributed by atoms with Gasteiger partial charge in [0.1, 0.15) is 5.75 Å². The molecule has 1 aromatic carbocycles. The Morgan fingerprint density at radius 1 is 1.38 bits per heavy atom. The highest BCUT2D eigenvalue weighted by atomic mass is 32.2. The molecule has 1 aromatic rings. The van der Waals surface area contributed by atoms with E-state index in [2.05, 4.69) is 5.32 Å². The van der Waals surface area contributed by atoms with E-state index in [4.69, 9.17) is 5.11 Å². The Kier molecular flexibility index (Phi) is 5.14. The molecule has 0 aromatic heterocycles. The summed E-state index contributed by atoms with van der Waals surface area (Å²) in [7, 11) is -1.29. The number of hydrogen-bond acceptors (Lipinski definition) is 3. The van der Waals surface area contributed by atoms with Gasteiger partial charge in [-0.05, 0) is 19.1 Å². The summed E-state index contributed by atoms with van der Waals surface area (Å²) in [5.74, 6) is -0.230. The van der Waals surface area contributed by atoms with Crippen LogP contribution in [0, 0.1) is 6.92 Å². The fraction of sp³-hybridized carbons (Fsp3) is 0.364. The summed E-state index contributed by atoms with van der Waals surface area (Å²) in [5.41, 5.74) is 1.80. The van der Waals surface area contributed by atoms with Gasteiger partial charge in [0, 0.05) is 22.2 Å². The smallest absolute Gasteiger partial charge is 0.236 e. The van der Waals surface area contributed by atoms with Gasteiger partial charge in [-0.3, -0.25) is 9.00 Å². The zero-order chi connectivity index (χ0) is 12.0. The number of anilines is 1. The van der Waals surface area contributed by atoms with E-state index in [9.17, 15) is 9.00 Å². The molecule has 1 rings (SSSR count). The standard InChI is InChI=1S/C11H15NO3S/c1-9-2-4-10(5-3-9)12-11(14)8-16(15)7-6-13/h2-5,13H,6-8H2,1H3,(H,12,14)/t16-/m0/s1. The van der Waals surface area contributed by atoms with Gasteiger partial charge in [0.15, 0.2) is 0 Å². The van der Waals surface area contributed by atoms with E-state index in [1.54, 1.807) is 12.1 Å². The van der Waals surface area contributed by atoms with E-state index < -0.39 is 10.8 Å². The number of amides is 1. The Morgan fingerprint density at radius 3 is 2.56 bits per heavy atom. The summed E-state index contributed by atoms with van der Waals surface area (Å²) in [6.45, 7) is 1.80. The SMILES string of the molecule is Cc1ccc(NC(=O)C[S@@](=O)CCO)cc1. The van der Waals surface area contributed by atoms with Crippen molar-refractivity contribution >= 4 is 22.4 Å². The molecule has 1 amide bonds. The van der Waals surface area contributed by atoms with Crippen LogP contribution in [0.15, 0.2) is 24.3 Å². The van der Waals surface area contributed by atoms with Gasteiger partial charge in [-0.25, -0.2) is 0 Å². The van der Waals surface area contributed by atoms with Crippen LogP contribution < -0.4 is 5.32 Å². The van der Waals surface area contributed by atoms with Crippen molar-refractivity contribution in [1.29, 1.82) is 0 Å². The monoisotopic (exact) mass is 241 g/mol. The number of aliphatic hydroxyl groups excluding tert-OH is 1. The Morgan fingerprint density at radius 2 is 2.00 bits per heavy atom. The molecule has 0 heterocycles. The first kappa shape index (κ1) is 12.9. The van der Waals surface area contributed by atoms with Crippen molar-refractivity contribution in [3.63, 3.8) is 0 Å². The third kappa shape index (κ3) is 4.55. The van der Waals surface area contributed by atoms with Crippen LogP contribution in [0.1, 0.15) is 5.56 Å². The molecule has 2 N–H and O–H groups in total. The number of carbonyl (C=O) groups excluding carboxylic acids is 1. The Labute approximate surface area is 97.1 Å². The lowest BCUT2D eigenvalue weighted by atomic mass is 10.2. The molecule has 5 heteroatoms. The third-order valence-corrected chi connectivity index (χ3v) is 3.17. The van der Waals surface area contributed by atoms with Crippen LogP contribution in [0.4, 0.5) is 5.69 Å². The minimum atomic E-state index is -1.29. The molecule has 4 nitrogen and oxygen atoms in total. The lowest BCUT2D eigenvalue weighted by Crippen LogP contribution is -2.21. The fourth-order valence-corrected chi connectivity index (χ4v) is 1.87. The second kappa shape index (κ2) is 6.40. The van der Waals surface area contributed by atoms with E-state index >= 15 is 0 Å². The number of rotatable bonds is 5. The van der Waals surface area contributed by atoms with Crippen molar-refractivity contribution in [2.24, 2.45) is 0 Å². The number of nitrogens with one attached hydrogen (secondary N) is 1. The largest absolute Gasteiger partial charge is 0.395 e. The molecule has 1 atom stereocenters. The van der Waals surface area contributed by atoms with Crippen LogP contribution in [0.3, 0.4) is 0 Å². The van der Waals surface area contributed by atoms with Crippen molar-refractivity contribution in [1.82, 2.24) is 0 Å². The highest BCUT2D eigenvalue weighted by Crippen LogP contribution is 2.08. The lowest BCUT2D eigenvalue weighted by molar-refractivity contribution is -0.113. The highest BCUT2D eigenvalue weighted by Gasteiger charge is 2.07. The van der Waals surface area contributed by atoms with Crippen LogP contribution in [-0.2, 0) is 15.6 Å². The van der Waals surface area contributed by atoms with Crippen molar-refractivity contribution in [3.05, 3.63) is 29.8 Å². The first-order valence-corrected chi connectivity index (χ1v) is 6.43. The Bertz CT molecular complexity index is 375. The van der Waals surface area contributed by atoms with Crippen LogP contribution >= 0.6 is 0 Å². The Hall–Kier alpha value is -1.20. The van der Waals surface area contributed by atoms with Crippen LogP contribution in [-0.4, -0.2) is 33.3 Å². The molecule has 88 valence electrons. The maximum absolute atomic E-state index is 11.4. The van der Waals surface area contributed by atoms with Crippen LogP contribution in [0.2, 0.25) is 0 Å². The van der Waals surface area contributed by atoms with Crippen molar-refractivity contribution in [2.45, 2.75) is 6.92 Å². The van der Waals surface area contributed by atoms with E-state index in [1.165, 1.54) is 0 Å². The summed E-state index contributed by atoms with van der Waals surface area (Å²) in [6.07, 6.45) is 0. The van der Waals surface area contributed by atoms with E-state index in [0.717, 1.165) is 5.56 Å². The summed E-state index contributed by atoms with van der Waals surface area (Å²) < 4.78 is 11.2. The van der Waals surface area contributed by atoms with E-state index in [-0.39, 0.29) is 24.0 Å². The molecule has 0 aliphatic heterocycles. The summed E-state index contributed by atoms with van der Waals surface area (Å²) in [5, 5.41) is 11.2. The zero-order valence-corrected chi connectivity index (χ0v) is 9.92. The second-order valence-corrected chi connectivity index (χ2v) is 5.00. The zero-order valence-electron chi connectivity index (χ0n) is 9.10. The van der Waals surface area contributed by atoms with Crippen molar-refractivity contribution in [2.75, 3.05) is 23.4 Å². The second-order valence-electron chi connectivity index (χ2n) is 3.43. The third-order valence-electron chi connectivity index (χ3n) is 1.95. The topological polar surface area (TPSA) is 66.4 Å². The predicted molar refractivity (Wildman–Crippen MR) is 64.8 cm³/mol. The van der Waals surface area contributed by atoms with Gasteiger partial charge < -0.3 is 10.4 Å². The quantitative estimate of drug-likeness (QED) is 0.796. The average Bonchev–Trinajstić information content (AvgIpc) is 2.21. The maximum atomic E-state index is 11.4. The van der Waals surface area contributed by atoms with Gasteiger partial charge in [-0.15, -0.1) is 0 Å². The molecule has 0 bridgehead atoms. The van der Waals surface area contributed by atoms with Gasteiger partial charge in [0.25, 0.3) is 0 Å². The molecule has 0 saturated heterocycles. The van der Waals surface area contributed by atoms with Gasteiger partial charge in [-0.1, -0.05) is 17.7 Å². The van der Waals surface area contributed by atoms with Crippen molar-refractivity contribution < 1.29 is 14.1 Å². The molecule has 0 unspecified atom stereocenters. The van der Waals surface area contributed by atoms with E-state index in [1.807, 2.05) is 19.1 Å². The van der Waals surface area contributed by atoms with Gasteiger partial charge >= 0.3 is 0 Å². The van der Waals surface area contributed by atoms with Crippen molar-refractivity contribution in [3.8, 4) is 0 Å². The van der Waals surface area contributed by atoms with Gasteiger partial charge in [0.2, 0.25) is 5.91 Å². The first-order valence-electron chi connectivity index (χ1n) is 4.94. The first-order chi connectivity index (χ1) is 7.61. The summed E-state index contributed by atoms with van der Waals surface area (Å²) >= 11 is 0.